The second-order valence-electron chi connectivity index (χ2n) is 3.59. The van der Waals surface area contributed by atoms with Crippen molar-refractivity contribution in [3.63, 3.8) is 0 Å². The first kappa shape index (κ1) is 9.99. The van der Waals surface area contributed by atoms with Crippen molar-refractivity contribution in [3.8, 4) is 0 Å². The zero-order valence-corrected chi connectivity index (χ0v) is 8.36. The fraction of sp³-hybridized carbons (Fsp3) is 1.00. The van der Waals surface area contributed by atoms with Gasteiger partial charge in [0.25, 0.3) is 0 Å². The lowest BCUT2D eigenvalue weighted by Crippen LogP contribution is -2.34. The Morgan fingerprint density at radius 1 is 1.33 bits per heavy atom. The Hall–Kier alpha value is -0.0900. The molecule has 1 aliphatic rings. The van der Waals surface area contributed by atoms with Crippen molar-refractivity contribution in [3.05, 3.63) is 0 Å². The maximum Gasteiger partial charge on any atom is 0.148 e. The van der Waals surface area contributed by atoms with Crippen molar-refractivity contribution in [2.45, 2.75) is 31.7 Å². The molecule has 1 saturated heterocycles. The van der Waals surface area contributed by atoms with Crippen molar-refractivity contribution in [1.29, 1.82) is 0 Å². The average Bonchev–Trinajstić information content (AvgIpc) is 2.12. The quantitative estimate of drug-likeness (QED) is 0.694. The van der Waals surface area contributed by atoms with Gasteiger partial charge in [-0.2, -0.15) is 0 Å². The van der Waals surface area contributed by atoms with Gasteiger partial charge in [0.2, 0.25) is 0 Å². The zero-order valence-electron chi connectivity index (χ0n) is 7.54. The van der Waals surface area contributed by atoms with E-state index in [0.29, 0.717) is 5.75 Å². The molecule has 1 N–H and O–H groups in total. The van der Waals surface area contributed by atoms with Gasteiger partial charge in [0.1, 0.15) is 9.84 Å². The Bertz CT molecular complexity index is 215. The minimum Gasteiger partial charge on any atom is -0.313 e. The molecule has 0 aliphatic carbocycles. The highest BCUT2D eigenvalue weighted by molar-refractivity contribution is 7.90. The van der Waals surface area contributed by atoms with E-state index in [4.69, 9.17) is 0 Å². The molecule has 1 atom stereocenters. The van der Waals surface area contributed by atoms with E-state index in [1.165, 1.54) is 19.1 Å². The van der Waals surface area contributed by atoms with Gasteiger partial charge < -0.3 is 5.32 Å². The molecule has 0 aromatic rings. The van der Waals surface area contributed by atoms with Crippen molar-refractivity contribution in [1.82, 2.24) is 5.32 Å². The van der Waals surface area contributed by atoms with Gasteiger partial charge >= 0.3 is 0 Å². The monoisotopic (exact) mass is 191 g/mol. The van der Waals surface area contributed by atoms with Crippen LogP contribution in [-0.2, 0) is 9.84 Å². The predicted octanol–water partition coefficient (Wildman–Crippen LogP) is 0.563. The molecule has 0 amide bonds. The number of hydrogen-bond donors (Lipinski definition) is 1. The lowest BCUT2D eigenvalue weighted by Gasteiger charge is -2.13. The second-order valence-corrected chi connectivity index (χ2v) is 5.78. The molecule has 1 unspecified atom stereocenters. The average molecular weight is 191 g/mol. The highest BCUT2D eigenvalue weighted by Gasteiger charge is 2.15. The molecule has 12 heavy (non-hydrogen) atoms. The van der Waals surface area contributed by atoms with Crippen LogP contribution in [0.2, 0.25) is 0 Å². The third-order valence-electron chi connectivity index (χ3n) is 2.17. The molecule has 0 aromatic carbocycles. The topological polar surface area (TPSA) is 46.2 Å². The molecule has 0 saturated carbocycles. The lowest BCUT2D eigenvalue weighted by molar-refractivity contribution is 0.534. The lowest BCUT2D eigenvalue weighted by atomic mass is 10.1. The van der Waals surface area contributed by atoms with Gasteiger partial charge in [-0.1, -0.05) is 12.8 Å². The molecule has 1 rings (SSSR count). The van der Waals surface area contributed by atoms with E-state index < -0.39 is 9.84 Å². The van der Waals surface area contributed by atoms with Crippen LogP contribution < -0.4 is 5.32 Å². The number of sulfone groups is 1. The first-order chi connectivity index (χ1) is 5.58. The summed E-state index contributed by atoms with van der Waals surface area (Å²) in [6, 6.07) is 0.197. The summed E-state index contributed by atoms with van der Waals surface area (Å²) in [5.41, 5.74) is 0. The van der Waals surface area contributed by atoms with Crippen LogP contribution in [0.4, 0.5) is 0 Å². The highest BCUT2D eigenvalue weighted by atomic mass is 32.2. The number of nitrogens with one attached hydrogen (secondary N) is 1. The largest absolute Gasteiger partial charge is 0.313 e. The SMILES string of the molecule is CS(=O)(=O)CC1CCCCCN1. The Morgan fingerprint density at radius 2 is 2.08 bits per heavy atom. The molecular weight excluding hydrogens is 174 g/mol. The summed E-state index contributed by atoms with van der Waals surface area (Å²) in [5.74, 6) is 0.299. The molecule has 1 heterocycles. The van der Waals surface area contributed by atoms with Gasteiger partial charge in [-0.05, 0) is 19.4 Å². The van der Waals surface area contributed by atoms with Crippen molar-refractivity contribution in [2.24, 2.45) is 0 Å². The molecule has 72 valence electrons. The smallest absolute Gasteiger partial charge is 0.148 e. The van der Waals surface area contributed by atoms with E-state index in [9.17, 15) is 8.42 Å². The summed E-state index contributed by atoms with van der Waals surface area (Å²) in [4.78, 5) is 0. The third-order valence-corrected chi connectivity index (χ3v) is 3.17. The summed E-state index contributed by atoms with van der Waals surface area (Å²) in [5, 5.41) is 3.26. The minimum atomic E-state index is -2.80. The van der Waals surface area contributed by atoms with Gasteiger partial charge in [-0.25, -0.2) is 8.42 Å². The standard InChI is InChI=1S/C8H17NO2S/c1-12(10,11)7-8-5-3-2-4-6-9-8/h8-9H,2-7H2,1H3. The van der Waals surface area contributed by atoms with E-state index in [0.717, 1.165) is 19.4 Å². The number of rotatable bonds is 2. The van der Waals surface area contributed by atoms with E-state index in [1.54, 1.807) is 0 Å². The maximum atomic E-state index is 11.0. The van der Waals surface area contributed by atoms with E-state index in [2.05, 4.69) is 5.32 Å². The summed E-state index contributed by atoms with van der Waals surface area (Å²) in [6.45, 7) is 0.972. The summed E-state index contributed by atoms with van der Waals surface area (Å²) < 4.78 is 21.9. The maximum absolute atomic E-state index is 11.0. The van der Waals surface area contributed by atoms with Crippen molar-refractivity contribution >= 4 is 9.84 Å². The third kappa shape index (κ3) is 4.07. The predicted molar refractivity (Wildman–Crippen MR) is 50.0 cm³/mol. The van der Waals surface area contributed by atoms with Crippen LogP contribution in [0.25, 0.3) is 0 Å². The van der Waals surface area contributed by atoms with Crippen LogP contribution in [0.3, 0.4) is 0 Å². The minimum absolute atomic E-state index is 0.197. The summed E-state index contributed by atoms with van der Waals surface area (Å²) in [7, 11) is -2.80. The van der Waals surface area contributed by atoms with Gasteiger partial charge in [0, 0.05) is 12.3 Å². The van der Waals surface area contributed by atoms with Gasteiger partial charge in [0.15, 0.2) is 0 Å². The molecule has 0 aromatic heterocycles. The van der Waals surface area contributed by atoms with Gasteiger partial charge in [-0.3, -0.25) is 0 Å². The van der Waals surface area contributed by atoms with Gasteiger partial charge in [-0.15, -0.1) is 0 Å². The fourth-order valence-electron chi connectivity index (χ4n) is 1.61. The zero-order chi connectivity index (χ0) is 9.03. The molecular formula is C8H17NO2S. The van der Waals surface area contributed by atoms with Crippen LogP contribution in [0.5, 0.6) is 0 Å². The van der Waals surface area contributed by atoms with Crippen molar-refractivity contribution < 1.29 is 8.42 Å². The van der Waals surface area contributed by atoms with Crippen LogP contribution >= 0.6 is 0 Å². The Balaban J connectivity index is 2.40. The molecule has 0 radical (unpaired) electrons. The Morgan fingerprint density at radius 3 is 2.75 bits per heavy atom. The summed E-state index contributed by atoms with van der Waals surface area (Å²) >= 11 is 0. The second kappa shape index (κ2) is 4.23. The van der Waals surface area contributed by atoms with E-state index in [1.807, 2.05) is 0 Å². The first-order valence-corrected chi connectivity index (χ1v) is 6.55. The number of hydrogen-bond acceptors (Lipinski definition) is 3. The van der Waals surface area contributed by atoms with E-state index in [-0.39, 0.29) is 6.04 Å². The normalized spacial score (nSPS) is 26.6. The Labute approximate surface area is 74.5 Å². The summed E-state index contributed by atoms with van der Waals surface area (Å²) in [6.07, 6.45) is 5.88. The molecule has 0 bridgehead atoms. The van der Waals surface area contributed by atoms with Crippen LogP contribution in [-0.4, -0.2) is 33.0 Å². The molecule has 1 aliphatic heterocycles. The first-order valence-electron chi connectivity index (χ1n) is 4.49. The molecule has 1 fully saturated rings. The van der Waals surface area contributed by atoms with Crippen LogP contribution in [0.15, 0.2) is 0 Å². The van der Waals surface area contributed by atoms with Crippen molar-refractivity contribution in [2.75, 3.05) is 18.6 Å². The van der Waals surface area contributed by atoms with Crippen LogP contribution in [0.1, 0.15) is 25.7 Å². The highest BCUT2D eigenvalue weighted by Crippen LogP contribution is 2.09. The van der Waals surface area contributed by atoms with Crippen LogP contribution in [0, 0.1) is 0 Å². The van der Waals surface area contributed by atoms with E-state index >= 15 is 0 Å². The molecule has 3 nitrogen and oxygen atoms in total. The Kier molecular flexibility index (Phi) is 3.53. The van der Waals surface area contributed by atoms with Gasteiger partial charge in [0.05, 0.1) is 5.75 Å². The molecule has 4 heteroatoms. The molecule has 0 spiro atoms. The fourth-order valence-corrected chi connectivity index (χ4v) is 2.62.